The van der Waals surface area contributed by atoms with Gasteiger partial charge in [0.1, 0.15) is 11.8 Å². The first-order chi connectivity index (χ1) is 19.7. The van der Waals surface area contributed by atoms with Crippen molar-refractivity contribution in [2.45, 2.75) is 18.6 Å². The summed E-state index contributed by atoms with van der Waals surface area (Å²) in [5.41, 5.74) is 2.09. The zero-order chi connectivity index (χ0) is 29.0. The number of para-hydroxylation sites is 1. The van der Waals surface area contributed by atoms with Gasteiger partial charge in [-0.3, -0.25) is 4.79 Å². The average Bonchev–Trinajstić information content (AvgIpc) is 3.39. The van der Waals surface area contributed by atoms with Crippen LogP contribution < -0.4 is 20.3 Å². The smallest absolute Gasteiger partial charge is 0.416 e. The van der Waals surface area contributed by atoms with Crippen molar-refractivity contribution in [3.8, 4) is 5.75 Å². The average molecular weight is 566 g/mol. The molecule has 2 heterocycles. The number of nitrogens with zero attached hydrogens (tertiary/aromatic N) is 2. The van der Waals surface area contributed by atoms with E-state index in [1.165, 1.54) is 6.07 Å². The summed E-state index contributed by atoms with van der Waals surface area (Å²) in [7, 11) is 1.55. The molecule has 3 amide bonds. The highest BCUT2D eigenvalue weighted by Gasteiger charge is 2.32. The lowest BCUT2D eigenvalue weighted by Gasteiger charge is -2.38. The number of aromatic amines is 1. The molecule has 1 aromatic heterocycles. The number of halogens is 3. The van der Waals surface area contributed by atoms with E-state index in [0.29, 0.717) is 43.3 Å². The number of ether oxygens (including phenoxy) is 1. The van der Waals surface area contributed by atoms with E-state index in [1.54, 1.807) is 42.3 Å². The van der Waals surface area contributed by atoms with Gasteiger partial charge in [0, 0.05) is 61.1 Å². The van der Waals surface area contributed by atoms with Crippen LogP contribution in [0.4, 0.5) is 29.3 Å². The molecule has 0 radical (unpaired) electrons. The van der Waals surface area contributed by atoms with Crippen molar-refractivity contribution in [2.75, 3.05) is 43.5 Å². The van der Waals surface area contributed by atoms with Crippen molar-refractivity contribution in [3.63, 3.8) is 0 Å². The Hall–Kier alpha value is -4.67. The fraction of sp³-hybridized carbons (Fsp3) is 0.267. The fourth-order valence-corrected chi connectivity index (χ4v) is 5.00. The van der Waals surface area contributed by atoms with E-state index in [2.05, 4.69) is 15.6 Å². The van der Waals surface area contributed by atoms with Crippen LogP contribution in [-0.2, 0) is 17.4 Å². The number of nitrogens with one attached hydrogen (secondary N) is 3. The number of rotatable bonds is 7. The summed E-state index contributed by atoms with van der Waals surface area (Å²) in [5.74, 6) is 0.386. The summed E-state index contributed by atoms with van der Waals surface area (Å²) >= 11 is 0. The van der Waals surface area contributed by atoms with Crippen molar-refractivity contribution in [1.82, 2.24) is 15.2 Å². The molecule has 5 rings (SSSR count). The second kappa shape index (κ2) is 11.8. The summed E-state index contributed by atoms with van der Waals surface area (Å²) in [6.07, 6.45) is -2.34. The van der Waals surface area contributed by atoms with Crippen LogP contribution in [-0.4, -0.2) is 61.2 Å². The van der Waals surface area contributed by atoms with Gasteiger partial charge in [0.05, 0.1) is 12.7 Å². The van der Waals surface area contributed by atoms with Gasteiger partial charge in [-0.05, 0) is 54.1 Å². The minimum absolute atomic E-state index is 0.257. The molecule has 3 N–H and O–H groups in total. The fourth-order valence-electron chi connectivity index (χ4n) is 5.00. The lowest BCUT2D eigenvalue weighted by atomic mass is 10.0. The molecule has 0 saturated carbocycles. The Bertz CT molecular complexity index is 1510. The lowest BCUT2D eigenvalue weighted by Crippen LogP contribution is -2.56. The predicted molar refractivity (Wildman–Crippen MR) is 151 cm³/mol. The first-order valence-corrected chi connectivity index (χ1v) is 13.2. The van der Waals surface area contributed by atoms with Gasteiger partial charge in [-0.25, -0.2) is 4.79 Å². The number of hydrogen-bond donors (Lipinski definition) is 3. The molecule has 0 spiro atoms. The number of carbonyl (C=O) groups is 2. The molecular formula is C30H30F3N5O3. The Morgan fingerprint density at radius 2 is 1.71 bits per heavy atom. The third kappa shape index (κ3) is 6.56. The molecular weight excluding hydrogens is 535 g/mol. The molecule has 0 bridgehead atoms. The van der Waals surface area contributed by atoms with Crippen molar-refractivity contribution < 1.29 is 27.5 Å². The number of urea groups is 1. The summed E-state index contributed by atoms with van der Waals surface area (Å²) in [6, 6.07) is 18.3. The minimum Gasteiger partial charge on any atom is -0.497 e. The molecule has 8 nitrogen and oxygen atoms in total. The summed E-state index contributed by atoms with van der Waals surface area (Å²) in [5, 5.41) is 6.55. The number of alkyl halides is 3. The van der Waals surface area contributed by atoms with Gasteiger partial charge in [-0.1, -0.05) is 24.3 Å². The standard InChI is InChI=1S/C30H30F3N5O3/c1-41-24-11-9-22(10-12-24)35-29(40)36-27(17-20-19-34-26-8-3-2-7-25(20)26)28(39)38-15-13-37(14-16-38)23-6-4-5-21(18-23)30(31,32)33/h2-12,18-19,27,34H,13-17H2,1H3,(H2,35,36,40). The number of amides is 3. The Morgan fingerprint density at radius 1 is 0.976 bits per heavy atom. The number of piperazine rings is 1. The number of methoxy groups -OCH3 is 1. The van der Waals surface area contributed by atoms with E-state index >= 15 is 0 Å². The van der Waals surface area contributed by atoms with Crippen LogP contribution in [0.15, 0.2) is 79.0 Å². The zero-order valence-corrected chi connectivity index (χ0v) is 22.4. The van der Waals surface area contributed by atoms with Crippen molar-refractivity contribution in [2.24, 2.45) is 0 Å². The minimum atomic E-state index is -4.43. The van der Waals surface area contributed by atoms with Crippen LogP contribution >= 0.6 is 0 Å². The monoisotopic (exact) mass is 565 g/mol. The van der Waals surface area contributed by atoms with E-state index in [9.17, 15) is 22.8 Å². The molecule has 41 heavy (non-hydrogen) atoms. The second-order valence-corrected chi connectivity index (χ2v) is 9.80. The van der Waals surface area contributed by atoms with E-state index in [4.69, 9.17) is 4.74 Å². The number of hydrogen-bond acceptors (Lipinski definition) is 4. The molecule has 1 aliphatic rings. The van der Waals surface area contributed by atoms with Gasteiger partial charge < -0.3 is 30.2 Å². The Labute approximate surface area is 235 Å². The van der Waals surface area contributed by atoms with E-state index in [1.807, 2.05) is 35.4 Å². The van der Waals surface area contributed by atoms with Crippen LogP contribution in [0.2, 0.25) is 0 Å². The summed E-state index contributed by atoms with van der Waals surface area (Å²) < 4.78 is 44.8. The number of anilines is 2. The number of carbonyl (C=O) groups excluding carboxylic acids is 2. The quantitative estimate of drug-likeness (QED) is 0.285. The molecule has 3 aromatic carbocycles. The third-order valence-electron chi connectivity index (χ3n) is 7.18. The lowest BCUT2D eigenvalue weighted by molar-refractivity contribution is -0.137. The van der Waals surface area contributed by atoms with Crippen molar-refractivity contribution in [3.05, 3.63) is 90.1 Å². The Kier molecular flexibility index (Phi) is 8.04. The predicted octanol–water partition coefficient (Wildman–Crippen LogP) is 5.28. The number of fused-ring (bicyclic) bond motifs is 1. The molecule has 1 atom stereocenters. The van der Waals surface area contributed by atoms with Gasteiger partial charge >= 0.3 is 12.2 Å². The van der Waals surface area contributed by atoms with Crippen LogP contribution in [0.1, 0.15) is 11.1 Å². The maximum atomic E-state index is 13.8. The highest BCUT2D eigenvalue weighted by atomic mass is 19.4. The van der Waals surface area contributed by atoms with Gasteiger partial charge in [0.2, 0.25) is 5.91 Å². The maximum absolute atomic E-state index is 13.8. The topological polar surface area (TPSA) is 89.7 Å². The third-order valence-corrected chi connectivity index (χ3v) is 7.18. The molecule has 1 aliphatic heterocycles. The van der Waals surface area contributed by atoms with Crippen LogP contribution in [0.3, 0.4) is 0 Å². The highest BCUT2D eigenvalue weighted by molar-refractivity contribution is 5.94. The number of benzene rings is 3. The Morgan fingerprint density at radius 3 is 2.41 bits per heavy atom. The second-order valence-electron chi connectivity index (χ2n) is 9.80. The Balaban J connectivity index is 1.30. The first-order valence-electron chi connectivity index (χ1n) is 13.2. The molecule has 214 valence electrons. The van der Waals surface area contributed by atoms with E-state index in [0.717, 1.165) is 28.6 Å². The first kappa shape index (κ1) is 27.9. The van der Waals surface area contributed by atoms with Crippen LogP contribution in [0.25, 0.3) is 10.9 Å². The van der Waals surface area contributed by atoms with Gasteiger partial charge in [-0.2, -0.15) is 13.2 Å². The molecule has 11 heteroatoms. The van der Waals surface area contributed by atoms with Gasteiger partial charge in [0.15, 0.2) is 0 Å². The van der Waals surface area contributed by atoms with Crippen LogP contribution in [0, 0.1) is 0 Å². The highest BCUT2D eigenvalue weighted by Crippen LogP contribution is 2.32. The van der Waals surface area contributed by atoms with Crippen molar-refractivity contribution >= 4 is 34.2 Å². The SMILES string of the molecule is COc1ccc(NC(=O)NC(Cc2c[nH]c3ccccc23)C(=O)N2CCN(c3cccc(C(F)(F)F)c3)CC2)cc1. The van der Waals surface area contributed by atoms with E-state index < -0.39 is 23.8 Å². The molecule has 1 saturated heterocycles. The molecule has 1 unspecified atom stereocenters. The summed E-state index contributed by atoms with van der Waals surface area (Å²) in [6.45, 7) is 1.35. The largest absolute Gasteiger partial charge is 0.497 e. The van der Waals surface area contributed by atoms with Crippen molar-refractivity contribution in [1.29, 1.82) is 0 Å². The normalized spacial score (nSPS) is 14.5. The molecule has 4 aromatic rings. The maximum Gasteiger partial charge on any atom is 0.416 e. The van der Waals surface area contributed by atoms with E-state index in [-0.39, 0.29) is 12.3 Å². The number of H-pyrrole nitrogens is 1. The van der Waals surface area contributed by atoms with Gasteiger partial charge in [0.25, 0.3) is 0 Å². The molecule has 0 aliphatic carbocycles. The molecule has 1 fully saturated rings. The summed E-state index contributed by atoms with van der Waals surface area (Å²) in [4.78, 5) is 33.4. The van der Waals surface area contributed by atoms with Gasteiger partial charge in [-0.15, -0.1) is 0 Å². The zero-order valence-electron chi connectivity index (χ0n) is 22.4. The van der Waals surface area contributed by atoms with Crippen LogP contribution in [0.5, 0.6) is 5.75 Å². The number of aromatic nitrogens is 1.